The molecule has 1 aliphatic rings. The van der Waals surface area contributed by atoms with Crippen molar-refractivity contribution in [1.82, 2.24) is 0 Å². The van der Waals surface area contributed by atoms with Crippen LogP contribution in [0.15, 0.2) is 263 Å². The van der Waals surface area contributed by atoms with Crippen LogP contribution in [0.4, 0.5) is 28.4 Å². The van der Waals surface area contributed by atoms with E-state index in [0.717, 1.165) is 119 Å². The second-order valence-electron chi connectivity index (χ2n) is 19.9. The quantitative estimate of drug-likeness (QED) is 0.0902. The van der Waals surface area contributed by atoms with Crippen LogP contribution in [-0.2, 0) is 0 Å². The minimum absolute atomic E-state index is 0.858. The highest BCUT2D eigenvalue weighted by molar-refractivity contribution is 6.30. The van der Waals surface area contributed by atoms with Crippen molar-refractivity contribution in [2.75, 3.05) is 9.80 Å². The van der Waals surface area contributed by atoms with Crippen LogP contribution < -0.4 is 9.80 Å². The van der Waals surface area contributed by atoms with Crippen molar-refractivity contribution in [2.24, 2.45) is 0 Å². The van der Waals surface area contributed by atoms with Gasteiger partial charge in [0.15, 0.2) is 5.58 Å². The van der Waals surface area contributed by atoms with Gasteiger partial charge in [0.1, 0.15) is 16.7 Å². The van der Waals surface area contributed by atoms with Gasteiger partial charge in [-0.2, -0.15) is 0 Å². The van der Waals surface area contributed by atoms with E-state index in [1.54, 1.807) is 0 Å². The lowest BCUT2D eigenvalue weighted by Crippen LogP contribution is -2.18. The van der Waals surface area contributed by atoms with E-state index in [1.165, 1.54) is 44.2 Å². The molecule has 4 heteroatoms. The molecule has 0 unspecified atom stereocenters. The lowest BCUT2D eigenvalue weighted by Gasteiger charge is -2.30. The second-order valence-corrected chi connectivity index (χ2v) is 19.9. The molecule has 76 heavy (non-hydrogen) atoms. The lowest BCUT2D eigenvalue weighted by molar-refractivity contribution is 0.668. The normalized spacial score (nSPS) is 13.2. The second kappa shape index (κ2) is 19.5. The van der Waals surface area contributed by atoms with E-state index in [0.29, 0.717) is 0 Å². The molecule has 0 amide bonds. The van der Waals surface area contributed by atoms with Gasteiger partial charge in [-0.3, -0.25) is 0 Å². The number of furan rings is 2. The summed E-state index contributed by atoms with van der Waals surface area (Å²) in [5.74, 6) is 0. The predicted molar refractivity (Wildman–Crippen MR) is 323 cm³/mol. The molecule has 0 fully saturated rings. The maximum Gasteiger partial charge on any atom is 0.159 e. The average molecular weight is 981 g/mol. The van der Waals surface area contributed by atoms with Crippen LogP contribution in [0.3, 0.4) is 0 Å². The van der Waals surface area contributed by atoms with Gasteiger partial charge in [0, 0.05) is 55.4 Å². The van der Waals surface area contributed by atoms with Crippen LogP contribution in [-0.4, -0.2) is 0 Å². The molecule has 10 aromatic carbocycles. The summed E-state index contributed by atoms with van der Waals surface area (Å²) in [5, 5.41) is 9.02. The SMILES string of the molecule is C=C/C=C\C(=C(/C)CC)c1cccc(N(c2ccccc2)c2ccc3c(c2)c2ccccc2c2c4ccc(-c5ccc(N(C6=C(c7ccccc7)CCC=C6)c6cccc7c6oc6ccccc67)cc5)cc4oc32)c1C. The van der Waals surface area contributed by atoms with Gasteiger partial charge in [-0.1, -0.05) is 177 Å². The molecule has 2 aromatic heterocycles. The van der Waals surface area contributed by atoms with Gasteiger partial charge in [-0.25, -0.2) is 0 Å². The number of anilines is 5. The molecule has 0 N–H and O–H groups in total. The Morgan fingerprint density at radius 1 is 0.526 bits per heavy atom. The van der Waals surface area contributed by atoms with Gasteiger partial charge in [-0.05, 0) is 167 Å². The van der Waals surface area contributed by atoms with Crippen molar-refractivity contribution >= 4 is 105 Å². The maximum absolute atomic E-state index is 7.09. The predicted octanol–water partition coefficient (Wildman–Crippen LogP) is 21.1. The molecule has 0 radical (unpaired) electrons. The van der Waals surface area contributed by atoms with Crippen LogP contribution in [0.5, 0.6) is 0 Å². The van der Waals surface area contributed by atoms with Crippen LogP contribution in [0, 0.1) is 6.92 Å². The molecule has 4 nitrogen and oxygen atoms in total. The molecule has 0 saturated heterocycles. The summed E-state index contributed by atoms with van der Waals surface area (Å²) in [5.41, 5.74) is 19.7. The first kappa shape index (κ1) is 46.4. The summed E-state index contributed by atoms with van der Waals surface area (Å²) in [6.07, 6.45) is 13.6. The Bertz CT molecular complexity index is 4360. The first-order chi connectivity index (χ1) is 37.5. The van der Waals surface area contributed by atoms with Crippen LogP contribution in [0.1, 0.15) is 49.8 Å². The maximum atomic E-state index is 7.09. The van der Waals surface area contributed by atoms with E-state index >= 15 is 0 Å². The number of para-hydroxylation sites is 3. The molecule has 0 atom stereocenters. The minimum Gasteiger partial charge on any atom is -0.455 e. The third-order valence-corrected chi connectivity index (χ3v) is 15.5. The first-order valence-corrected chi connectivity index (χ1v) is 26.5. The van der Waals surface area contributed by atoms with Crippen molar-refractivity contribution in [3.05, 3.63) is 271 Å². The third-order valence-electron chi connectivity index (χ3n) is 15.5. The van der Waals surface area contributed by atoms with Gasteiger partial charge < -0.3 is 18.6 Å². The van der Waals surface area contributed by atoms with Crippen LogP contribution in [0.25, 0.3) is 87.7 Å². The van der Waals surface area contributed by atoms with Gasteiger partial charge in [-0.15, -0.1) is 0 Å². The van der Waals surface area contributed by atoms with E-state index < -0.39 is 0 Å². The molecule has 366 valence electrons. The molecular weight excluding hydrogens is 925 g/mol. The van der Waals surface area contributed by atoms with E-state index in [2.05, 4.69) is 256 Å². The fraction of sp³-hybridized carbons (Fsp3) is 0.0833. The number of nitrogens with zero attached hydrogens (tertiary/aromatic N) is 2. The zero-order valence-corrected chi connectivity index (χ0v) is 43.1. The van der Waals surface area contributed by atoms with Crippen molar-refractivity contribution in [3.63, 3.8) is 0 Å². The largest absolute Gasteiger partial charge is 0.455 e. The number of benzene rings is 10. The smallest absolute Gasteiger partial charge is 0.159 e. The molecule has 2 heterocycles. The monoisotopic (exact) mass is 980 g/mol. The molecule has 13 rings (SSSR count). The van der Waals surface area contributed by atoms with Crippen LogP contribution >= 0.6 is 0 Å². The van der Waals surface area contributed by atoms with Crippen molar-refractivity contribution in [2.45, 2.75) is 40.0 Å². The number of allylic oxidation sites excluding steroid dienone is 8. The zero-order valence-electron chi connectivity index (χ0n) is 43.1. The highest BCUT2D eigenvalue weighted by Crippen LogP contribution is 2.47. The summed E-state index contributed by atoms with van der Waals surface area (Å²) < 4.78 is 13.8. The molecule has 0 saturated carbocycles. The fourth-order valence-electron chi connectivity index (χ4n) is 11.7. The topological polar surface area (TPSA) is 32.8 Å². The Morgan fingerprint density at radius 3 is 1.97 bits per heavy atom. The Balaban J connectivity index is 0.926. The third kappa shape index (κ3) is 7.93. The Morgan fingerprint density at radius 2 is 1.17 bits per heavy atom. The molecule has 0 bridgehead atoms. The van der Waals surface area contributed by atoms with Gasteiger partial charge in [0.05, 0.1) is 5.69 Å². The number of fused-ring (bicyclic) bond motifs is 11. The summed E-state index contributed by atoms with van der Waals surface area (Å²) in [6, 6.07) is 74.3. The molecular formula is C72H56N2O2. The summed E-state index contributed by atoms with van der Waals surface area (Å²) in [4.78, 5) is 4.78. The van der Waals surface area contributed by atoms with Gasteiger partial charge >= 0.3 is 0 Å². The zero-order chi connectivity index (χ0) is 51.3. The molecule has 12 aromatic rings. The van der Waals surface area contributed by atoms with Crippen molar-refractivity contribution in [1.29, 1.82) is 0 Å². The Kier molecular flexibility index (Phi) is 11.9. The van der Waals surface area contributed by atoms with Crippen molar-refractivity contribution in [3.8, 4) is 11.1 Å². The van der Waals surface area contributed by atoms with E-state index in [1.807, 2.05) is 18.2 Å². The van der Waals surface area contributed by atoms with Crippen molar-refractivity contribution < 1.29 is 8.83 Å². The first-order valence-electron chi connectivity index (χ1n) is 26.5. The highest BCUT2D eigenvalue weighted by Gasteiger charge is 2.25. The summed E-state index contributed by atoms with van der Waals surface area (Å²) >= 11 is 0. The molecule has 1 aliphatic carbocycles. The number of hydrogen-bond acceptors (Lipinski definition) is 4. The fourth-order valence-corrected chi connectivity index (χ4v) is 11.7. The average Bonchev–Trinajstić information content (AvgIpc) is 4.16. The molecule has 0 spiro atoms. The number of rotatable bonds is 12. The lowest BCUT2D eigenvalue weighted by atomic mass is 9.93. The standard InChI is InChI=1S/C72H56N2O2/c1-5-7-26-55(47(3)6-2)56-31-20-34-65(48(56)4)73(52-24-12-9-13-25-52)54-42-44-62-64(46-54)58-28-14-15-30-60(58)70-63-43-39-51(45-69(63)76-72(62)70)49-37-40-53(41-38-49)74(66-33-18-16-27-57(66)50-22-10-8-11-23-50)67-35-21-32-61-59-29-17-19-36-68(59)75-71(61)67/h5,7-15,17-26,28-46H,1,6,16,27H2,2-4H3/b26-7-,55-47-. The van der Waals surface area contributed by atoms with E-state index in [4.69, 9.17) is 8.83 Å². The Hall–Kier alpha value is -9.38. The Labute approximate surface area is 443 Å². The number of hydrogen-bond donors (Lipinski definition) is 0. The molecule has 0 aliphatic heterocycles. The van der Waals surface area contributed by atoms with Gasteiger partial charge in [0.2, 0.25) is 0 Å². The van der Waals surface area contributed by atoms with Gasteiger partial charge in [0.25, 0.3) is 0 Å². The van der Waals surface area contributed by atoms with Crippen LogP contribution in [0.2, 0.25) is 0 Å². The minimum atomic E-state index is 0.858. The summed E-state index contributed by atoms with van der Waals surface area (Å²) in [6.45, 7) is 10.7. The van der Waals surface area contributed by atoms with E-state index in [-0.39, 0.29) is 0 Å². The summed E-state index contributed by atoms with van der Waals surface area (Å²) in [7, 11) is 0. The highest BCUT2D eigenvalue weighted by atomic mass is 16.3. The van der Waals surface area contributed by atoms with E-state index in [9.17, 15) is 0 Å².